The first kappa shape index (κ1) is 13.2. The van der Waals surface area contributed by atoms with Gasteiger partial charge in [0.05, 0.1) is 5.75 Å². The van der Waals surface area contributed by atoms with Gasteiger partial charge in [0.15, 0.2) is 0 Å². The van der Waals surface area contributed by atoms with Crippen molar-refractivity contribution in [1.29, 1.82) is 0 Å². The Morgan fingerprint density at radius 3 is 2.75 bits per heavy atom. The van der Waals surface area contributed by atoms with E-state index in [1.54, 1.807) is 13.1 Å². The Kier molecular flexibility index (Phi) is 4.09. The lowest BCUT2D eigenvalue weighted by molar-refractivity contribution is 0.598. The van der Waals surface area contributed by atoms with E-state index in [9.17, 15) is 8.42 Å². The minimum Gasteiger partial charge on any atom is -0.366 e. The second-order valence-corrected chi connectivity index (χ2v) is 6.33. The first-order valence-electron chi connectivity index (χ1n) is 4.71. The summed E-state index contributed by atoms with van der Waals surface area (Å²) in [6.07, 6.45) is 2.79. The van der Waals surface area contributed by atoms with Crippen LogP contribution < -0.4 is 5.32 Å². The third kappa shape index (κ3) is 4.32. The van der Waals surface area contributed by atoms with Gasteiger partial charge in [0.1, 0.15) is 15.7 Å². The summed E-state index contributed by atoms with van der Waals surface area (Å²) in [6, 6.07) is -0.223. The third-order valence-electron chi connectivity index (χ3n) is 1.88. The number of nitrogens with zero attached hydrogens (tertiary/aromatic N) is 2. The molecule has 0 aliphatic heterocycles. The number of halogens is 1. The molecule has 1 aromatic rings. The van der Waals surface area contributed by atoms with Crippen LogP contribution in [0.5, 0.6) is 0 Å². The number of aromatic nitrogens is 2. The Labute approximate surface area is 100 Å². The van der Waals surface area contributed by atoms with Gasteiger partial charge in [-0.25, -0.2) is 18.4 Å². The highest BCUT2D eigenvalue weighted by Gasteiger charge is 2.12. The van der Waals surface area contributed by atoms with E-state index in [1.165, 1.54) is 6.26 Å². The second kappa shape index (κ2) is 4.97. The van der Waals surface area contributed by atoms with E-state index >= 15 is 0 Å². The molecule has 0 saturated heterocycles. The minimum atomic E-state index is -3.01. The van der Waals surface area contributed by atoms with E-state index in [4.69, 9.17) is 11.6 Å². The van der Waals surface area contributed by atoms with Gasteiger partial charge in [0.25, 0.3) is 0 Å². The Balaban J connectivity index is 2.77. The van der Waals surface area contributed by atoms with Crippen LogP contribution in [0.4, 0.5) is 5.82 Å². The van der Waals surface area contributed by atoms with E-state index in [0.717, 1.165) is 5.56 Å². The third-order valence-corrected chi connectivity index (χ3v) is 3.17. The van der Waals surface area contributed by atoms with Crippen LogP contribution in [0.25, 0.3) is 0 Å². The highest BCUT2D eigenvalue weighted by atomic mass is 35.5. The predicted octanol–water partition coefficient (Wildman–Crippen LogP) is 1.28. The molecule has 1 N–H and O–H groups in total. The van der Waals surface area contributed by atoms with Crippen LogP contribution in [0, 0.1) is 6.92 Å². The highest BCUT2D eigenvalue weighted by Crippen LogP contribution is 2.13. The molecule has 16 heavy (non-hydrogen) atoms. The Morgan fingerprint density at radius 2 is 2.19 bits per heavy atom. The van der Waals surface area contributed by atoms with Gasteiger partial charge in [-0.3, -0.25) is 0 Å². The molecule has 1 unspecified atom stereocenters. The molecule has 0 spiro atoms. The summed E-state index contributed by atoms with van der Waals surface area (Å²) in [7, 11) is -3.01. The van der Waals surface area contributed by atoms with Gasteiger partial charge in [-0.15, -0.1) is 0 Å². The van der Waals surface area contributed by atoms with Gasteiger partial charge in [0.2, 0.25) is 5.28 Å². The molecule has 0 fully saturated rings. The lowest BCUT2D eigenvalue weighted by atomic mass is 10.3. The summed E-state index contributed by atoms with van der Waals surface area (Å²) in [5.74, 6) is 0.616. The molecule has 0 aliphatic carbocycles. The summed E-state index contributed by atoms with van der Waals surface area (Å²) in [5.41, 5.74) is 0.824. The van der Waals surface area contributed by atoms with E-state index < -0.39 is 9.84 Å². The molecule has 1 heterocycles. The summed E-state index contributed by atoms with van der Waals surface area (Å²) in [4.78, 5) is 7.81. The lowest BCUT2D eigenvalue weighted by Crippen LogP contribution is -2.26. The summed E-state index contributed by atoms with van der Waals surface area (Å²) in [5, 5.41) is 3.13. The normalized spacial score (nSPS) is 13.5. The first-order valence-corrected chi connectivity index (χ1v) is 7.15. The second-order valence-electron chi connectivity index (χ2n) is 3.81. The Hall–Kier alpha value is -0.880. The molecule has 0 radical (unpaired) electrons. The van der Waals surface area contributed by atoms with Crippen molar-refractivity contribution >= 4 is 27.3 Å². The van der Waals surface area contributed by atoms with E-state index in [-0.39, 0.29) is 17.1 Å². The molecule has 0 amide bonds. The average molecular weight is 264 g/mol. The zero-order chi connectivity index (χ0) is 12.3. The molecule has 0 aromatic carbocycles. The largest absolute Gasteiger partial charge is 0.366 e. The maximum atomic E-state index is 11.1. The molecule has 1 rings (SSSR count). The molecule has 1 atom stereocenters. The monoisotopic (exact) mass is 263 g/mol. The zero-order valence-corrected chi connectivity index (χ0v) is 10.9. The fourth-order valence-electron chi connectivity index (χ4n) is 1.30. The summed E-state index contributed by atoms with van der Waals surface area (Å²) in [6.45, 7) is 3.60. The molecule has 7 heteroatoms. The number of anilines is 1. The Morgan fingerprint density at radius 1 is 1.56 bits per heavy atom. The quantitative estimate of drug-likeness (QED) is 0.829. The van der Waals surface area contributed by atoms with Crippen molar-refractivity contribution in [2.45, 2.75) is 19.9 Å². The number of rotatable bonds is 4. The Bertz CT molecular complexity index is 476. The number of hydrogen-bond donors (Lipinski definition) is 1. The fourth-order valence-corrected chi connectivity index (χ4v) is 2.42. The minimum absolute atomic E-state index is 0.0497. The predicted molar refractivity (Wildman–Crippen MR) is 64.6 cm³/mol. The smallest absolute Gasteiger partial charge is 0.224 e. The average Bonchev–Trinajstić information content (AvgIpc) is 2.08. The molecule has 5 nitrogen and oxygen atoms in total. The summed E-state index contributed by atoms with van der Waals surface area (Å²) >= 11 is 5.65. The summed E-state index contributed by atoms with van der Waals surface area (Å²) < 4.78 is 22.2. The maximum Gasteiger partial charge on any atom is 0.224 e. The number of nitrogens with one attached hydrogen (secondary N) is 1. The van der Waals surface area contributed by atoms with E-state index in [0.29, 0.717) is 5.82 Å². The van der Waals surface area contributed by atoms with Gasteiger partial charge in [-0.1, -0.05) is 0 Å². The van der Waals surface area contributed by atoms with Crippen LogP contribution in [0.15, 0.2) is 6.20 Å². The SMILES string of the molecule is Cc1cnc(Cl)nc1NC(C)CS(C)(=O)=O. The molecular formula is C9H14ClN3O2S. The molecular weight excluding hydrogens is 250 g/mol. The number of aryl methyl sites for hydroxylation is 1. The van der Waals surface area contributed by atoms with Gasteiger partial charge in [0, 0.05) is 24.1 Å². The van der Waals surface area contributed by atoms with Crippen LogP contribution in [0.2, 0.25) is 5.28 Å². The lowest BCUT2D eigenvalue weighted by Gasteiger charge is -2.14. The van der Waals surface area contributed by atoms with Crippen LogP contribution in [-0.2, 0) is 9.84 Å². The van der Waals surface area contributed by atoms with Gasteiger partial charge in [-0.05, 0) is 25.4 Å². The van der Waals surface area contributed by atoms with Crippen molar-refractivity contribution in [1.82, 2.24) is 9.97 Å². The van der Waals surface area contributed by atoms with Crippen molar-refractivity contribution in [2.75, 3.05) is 17.3 Å². The van der Waals surface area contributed by atoms with Crippen LogP contribution in [0.1, 0.15) is 12.5 Å². The zero-order valence-electron chi connectivity index (χ0n) is 9.36. The van der Waals surface area contributed by atoms with Crippen LogP contribution >= 0.6 is 11.6 Å². The van der Waals surface area contributed by atoms with Gasteiger partial charge >= 0.3 is 0 Å². The van der Waals surface area contributed by atoms with Crippen molar-refractivity contribution in [3.63, 3.8) is 0 Å². The first-order chi connectivity index (χ1) is 7.28. The molecule has 0 saturated carbocycles. The van der Waals surface area contributed by atoms with Crippen molar-refractivity contribution in [3.8, 4) is 0 Å². The maximum absolute atomic E-state index is 11.1. The van der Waals surface area contributed by atoms with Gasteiger partial charge < -0.3 is 5.32 Å². The van der Waals surface area contributed by atoms with Crippen LogP contribution in [0.3, 0.4) is 0 Å². The molecule has 1 aromatic heterocycles. The topological polar surface area (TPSA) is 72.0 Å². The number of sulfone groups is 1. The van der Waals surface area contributed by atoms with Crippen molar-refractivity contribution < 1.29 is 8.42 Å². The van der Waals surface area contributed by atoms with Gasteiger partial charge in [-0.2, -0.15) is 0 Å². The van der Waals surface area contributed by atoms with Crippen molar-refractivity contribution in [2.24, 2.45) is 0 Å². The van der Waals surface area contributed by atoms with Crippen molar-refractivity contribution in [3.05, 3.63) is 17.0 Å². The fraction of sp³-hybridized carbons (Fsp3) is 0.556. The number of hydrogen-bond acceptors (Lipinski definition) is 5. The molecule has 90 valence electrons. The molecule has 0 aliphatic rings. The van der Waals surface area contributed by atoms with Crippen LogP contribution in [-0.4, -0.2) is 36.4 Å². The van der Waals surface area contributed by atoms with E-state index in [2.05, 4.69) is 15.3 Å². The molecule has 0 bridgehead atoms. The highest BCUT2D eigenvalue weighted by molar-refractivity contribution is 7.90. The standard InChI is InChI=1S/C9H14ClN3O2S/c1-6-4-11-9(10)13-8(6)12-7(2)5-16(3,14)15/h4,7H,5H2,1-3H3,(H,11,12,13). The van der Waals surface area contributed by atoms with E-state index in [1.807, 2.05) is 6.92 Å².